The van der Waals surface area contributed by atoms with Gasteiger partial charge in [-0.3, -0.25) is 9.78 Å². The van der Waals surface area contributed by atoms with Gasteiger partial charge in [0.25, 0.3) is 5.91 Å². The molecule has 1 aliphatic rings. The van der Waals surface area contributed by atoms with Crippen LogP contribution in [0.5, 0.6) is 0 Å². The summed E-state index contributed by atoms with van der Waals surface area (Å²) in [7, 11) is 0. The molecule has 0 bridgehead atoms. The zero-order valence-electron chi connectivity index (χ0n) is 13.4. The fraction of sp³-hybridized carbons (Fsp3) is 0.200. The maximum absolute atomic E-state index is 13.1. The summed E-state index contributed by atoms with van der Waals surface area (Å²) in [5.74, 6) is 0.0871. The summed E-state index contributed by atoms with van der Waals surface area (Å²) in [6.07, 6.45) is 3.58. The van der Waals surface area contributed by atoms with Crippen LogP contribution in [-0.2, 0) is 0 Å². The SMILES string of the molecule is O=C(c1ccc2cnccc2c1)N1CCNC[C@@H]1c1ccccc1. The highest BCUT2D eigenvalue weighted by molar-refractivity contribution is 5.98. The van der Waals surface area contributed by atoms with Crippen molar-refractivity contribution in [1.82, 2.24) is 15.2 Å². The summed E-state index contributed by atoms with van der Waals surface area (Å²) in [4.78, 5) is 19.2. The van der Waals surface area contributed by atoms with E-state index in [2.05, 4.69) is 22.4 Å². The van der Waals surface area contributed by atoms with Gasteiger partial charge in [-0.25, -0.2) is 0 Å². The second-order valence-electron chi connectivity index (χ2n) is 6.07. The van der Waals surface area contributed by atoms with E-state index >= 15 is 0 Å². The summed E-state index contributed by atoms with van der Waals surface area (Å²) in [6.45, 7) is 2.33. The Hall–Kier alpha value is -2.72. The summed E-state index contributed by atoms with van der Waals surface area (Å²) in [5, 5.41) is 5.49. The maximum Gasteiger partial charge on any atom is 0.254 e. The van der Waals surface area contributed by atoms with Gasteiger partial charge in [0.15, 0.2) is 0 Å². The molecule has 2 aromatic carbocycles. The van der Waals surface area contributed by atoms with Crippen LogP contribution in [-0.4, -0.2) is 35.4 Å². The number of benzene rings is 2. The first-order chi connectivity index (χ1) is 11.8. The van der Waals surface area contributed by atoms with Crippen LogP contribution in [0.25, 0.3) is 10.8 Å². The van der Waals surface area contributed by atoms with Gasteiger partial charge < -0.3 is 10.2 Å². The van der Waals surface area contributed by atoms with Crippen LogP contribution in [0.15, 0.2) is 67.0 Å². The van der Waals surface area contributed by atoms with Crippen molar-refractivity contribution in [2.45, 2.75) is 6.04 Å². The Morgan fingerprint density at radius 2 is 1.96 bits per heavy atom. The van der Waals surface area contributed by atoms with Crippen LogP contribution in [0.3, 0.4) is 0 Å². The van der Waals surface area contributed by atoms with Crippen molar-refractivity contribution >= 4 is 16.7 Å². The zero-order valence-corrected chi connectivity index (χ0v) is 13.4. The van der Waals surface area contributed by atoms with E-state index in [1.54, 1.807) is 6.20 Å². The molecule has 0 radical (unpaired) electrons. The number of amides is 1. The van der Waals surface area contributed by atoms with E-state index in [9.17, 15) is 4.79 Å². The Labute approximate surface area is 141 Å². The van der Waals surface area contributed by atoms with Gasteiger partial charge in [0, 0.05) is 43.0 Å². The standard InChI is InChI=1S/C20H19N3O/c24-20(17-6-7-18-13-21-9-8-16(18)12-17)23-11-10-22-14-19(23)15-4-2-1-3-5-15/h1-9,12-13,19,22H,10-11,14H2/t19-/m1/s1. The predicted molar refractivity (Wildman–Crippen MR) is 94.8 cm³/mol. The fourth-order valence-corrected chi connectivity index (χ4v) is 3.30. The van der Waals surface area contributed by atoms with E-state index in [-0.39, 0.29) is 11.9 Å². The minimum absolute atomic E-state index is 0.0700. The lowest BCUT2D eigenvalue weighted by atomic mass is 10.0. The number of hydrogen-bond donors (Lipinski definition) is 1. The highest BCUT2D eigenvalue weighted by Crippen LogP contribution is 2.25. The number of nitrogens with one attached hydrogen (secondary N) is 1. The molecule has 1 saturated heterocycles. The van der Waals surface area contributed by atoms with Gasteiger partial charge in [0.05, 0.1) is 6.04 Å². The van der Waals surface area contributed by atoms with Crippen molar-refractivity contribution in [1.29, 1.82) is 0 Å². The quantitative estimate of drug-likeness (QED) is 0.790. The Morgan fingerprint density at radius 1 is 1.08 bits per heavy atom. The minimum atomic E-state index is 0.0700. The van der Waals surface area contributed by atoms with Crippen molar-refractivity contribution in [3.8, 4) is 0 Å². The normalized spacial score (nSPS) is 17.8. The molecule has 0 unspecified atom stereocenters. The number of pyridine rings is 1. The molecule has 1 atom stereocenters. The Kier molecular flexibility index (Phi) is 3.97. The Morgan fingerprint density at radius 3 is 2.83 bits per heavy atom. The number of rotatable bonds is 2. The second-order valence-corrected chi connectivity index (χ2v) is 6.07. The molecule has 4 nitrogen and oxygen atoms in total. The molecule has 4 heteroatoms. The monoisotopic (exact) mass is 317 g/mol. The van der Waals surface area contributed by atoms with Gasteiger partial charge in [0.2, 0.25) is 0 Å². The van der Waals surface area contributed by atoms with E-state index < -0.39 is 0 Å². The van der Waals surface area contributed by atoms with Crippen molar-refractivity contribution in [2.24, 2.45) is 0 Å². The molecule has 1 fully saturated rings. The largest absolute Gasteiger partial charge is 0.329 e. The third-order valence-corrected chi connectivity index (χ3v) is 4.58. The molecular weight excluding hydrogens is 298 g/mol. The van der Waals surface area contributed by atoms with Gasteiger partial charge in [0.1, 0.15) is 0 Å². The molecule has 3 aromatic rings. The third kappa shape index (κ3) is 2.76. The lowest BCUT2D eigenvalue weighted by Crippen LogP contribution is -2.48. The van der Waals surface area contributed by atoms with Crippen LogP contribution in [0.2, 0.25) is 0 Å². The average Bonchev–Trinajstić information content (AvgIpc) is 2.68. The first-order valence-corrected chi connectivity index (χ1v) is 8.23. The zero-order chi connectivity index (χ0) is 16.4. The summed E-state index contributed by atoms with van der Waals surface area (Å²) >= 11 is 0. The van der Waals surface area contributed by atoms with Crippen LogP contribution < -0.4 is 5.32 Å². The Balaban J connectivity index is 1.67. The number of carbonyl (C=O) groups excluding carboxylic acids is 1. The van der Waals surface area contributed by atoms with Crippen LogP contribution in [0.4, 0.5) is 0 Å². The molecule has 1 amide bonds. The van der Waals surface area contributed by atoms with E-state index in [1.807, 2.05) is 53.6 Å². The number of fused-ring (bicyclic) bond motifs is 1. The van der Waals surface area contributed by atoms with Gasteiger partial charge in [-0.2, -0.15) is 0 Å². The molecule has 4 rings (SSSR count). The van der Waals surface area contributed by atoms with Crippen LogP contribution in [0, 0.1) is 0 Å². The van der Waals surface area contributed by atoms with Crippen molar-refractivity contribution in [3.05, 3.63) is 78.1 Å². The van der Waals surface area contributed by atoms with Gasteiger partial charge >= 0.3 is 0 Å². The highest BCUT2D eigenvalue weighted by atomic mass is 16.2. The lowest BCUT2D eigenvalue weighted by molar-refractivity contribution is 0.0634. The number of hydrogen-bond acceptors (Lipinski definition) is 3. The smallest absolute Gasteiger partial charge is 0.254 e. The summed E-state index contributed by atoms with van der Waals surface area (Å²) < 4.78 is 0. The molecule has 1 N–H and O–H groups in total. The molecular formula is C20H19N3O. The first kappa shape index (κ1) is 14.8. The third-order valence-electron chi connectivity index (χ3n) is 4.58. The fourth-order valence-electron chi connectivity index (χ4n) is 3.30. The molecule has 2 heterocycles. The van der Waals surface area contributed by atoms with Crippen molar-refractivity contribution < 1.29 is 4.79 Å². The number of aromatic nitrogens is 1. The summed E-state index contributed by atoms with van der Waals surface area (Å²) in [5.41, 5.74) is 1.90. The van der Waals surface area contributed by atoms with Gasteiger partial charge in [-0.15, -0.1) is 0 Å². The topological polar surface area (TPSA) is 45.2 Å². The van der Waals surface area contributed by atoms with Gasteiger partial charge in [-0.05, 0) is 29.1 Å². The Bertz CT molecular complexity index is 863. The minimum Gasteiger partial charge on any atom is -0.329 e. The lowest BCUT2D eigenvalue weighted by Gasteiger charge is -2.36. The number of carbonyl (C=O) groups is 1. The number of nitrogens with zero attached hydrogens (tertiary/aromatic N) is 2. The van der Waals surface area contributed by atoms with E-state index in [0.29, 0.717) is 6.54 Å². The van der Waals surface area contributed by atoms with Gasteiger partial charge in [-0.1, -0.05) is 36.4 Å². The van der Waals surface area contributed by atoms with E-state index in [4.69, 9.17) is 0 Å². The van der Waals surface area contributed by atoms with Crippen molar-refractivity contribution in [3.63, 3.8) is 0 Å². The molecule has 0 saturated carbocycles. The van der Waals surface area contributed by atoms with E-state index in [1.165, 1.54) is 5.56 Å². The molecule has 24 heavy (non-hydrogen) atoms. The van der Waals surface area contributed by atoms with Crippen LogP contribution in [0.1, 0.15) is 22.0 Å². The molecule has 1 aliphatic heterocycles. The second kappa shape index (κ2) is 6.42. The van der Waals surface area contributed by atoms with Crippen LogP contribution >= 0.6 is 0 Å². The highest BCUT2D eigenvalue weighted by Gasteiger charge is 2.28. The molecule has 1 aromatic heterocycles. The molecule has 120 valence electrons. The van der Waals surface area contributed by atoms with E-state index in [0.717, 1.165) is 29.4 Å². The average molecular weight is 317 g/mol. The maximum atomic E-state index is 13.1. The molecule has 0 spiro atoms. The summed E-state index contributed by atoms with van der Waals surface area (Å²) in [6, 6.07) is 18.1. The molecule has 0 aliphatic carbocycles. The number of piperazine rings is 1. The predicted octanol–water partition coefficient (Wildman–Crippen LogP) is 3.02. The van der Waals surface area contributed by atoms with Crippen molar-refractivity contribution in [2.75, 3.05) is 19.6 Å². The first-order valence-electron chi connectivity index (χ1n) is 8.23.